The van der Waals surface area contributed by atoms with Crippen molar-refractivity contribution in [1.82, 2.24) is 15.1 Å². The van der Waals surface area contributed by atoms with Crippen molar-refractivity contribution in [3.05, 3.63) is 18.0 Å². The van der Waals surface area contributed by atoms with Crippen molar-refractivity contribution < 1.29 is 4.74 Å². The molecule has 2 rings (SSSR count). The second-order valence-corrected chi connectivity index (χ2v) is 4.31. The molecule has 15 heavy (non-hydrogen) atoms. The Morgan fingerprint density at radius 2 is 2.53 bits per heavy atom. The van der Waals surface area contributed by atoms with Gasteiger partial charge in [0.1, 0.15) is 0 Å². The number of aromatic nitrogens is 2. The van der Waals surface area contributed by atoms with Crippen LogP contribution in [-0.4, -0.2) is 28.5 Å². The van der Waals surface area contributed by atoms with Crippen molar-refractivity contribution in [2.75, 3.05) is 6.61 Å². The summed E-state index contributed by atoms with van der Waals surface area (Å²) in [5.74, 6) is 0. The van der Waals surface area contributed by atoms with Crippen LogP contribution in [0.3, 0.4) is 0 Å². The molecule has 1 aliphatic rings. The van der Waals surface area contributed by atoms with Gasteiger partial charge in [0.2, 0.25) is 0 Å². The zero-order valence-electron chi connectivity index (χ0n) is 9.44. The first-order valence-corrected chi connectivity index (χ1v) is 5.56. The molecule has 4 nitrogen and oxygen atoms in total. The molecule has 1 aliphatic heterocycles. The highest BCUT2D eigenvalue weighted by molar-refractivity contribution is 5.03. The van der Waals surface area contributed by atoms with E-state index in [0.717, 1.165) is 26.0 Å². The maximum Gasteiger partial charge on any atom is 0.0561 e. The van der Waals surface area contributed by atoms with E-state index in [1.54, 1.807) is 0 Å². The summed E-state index contributed by atoms with van der Waals surface area (Å²) in [5.41, 5.74) is 1.25. The SMILES string of the molecule is CC1CC(NCc2cnn(C)c2)CCO1. The van der Waals surface area contributed by atoms with Gasteiger partial charge in [-0.1, -0.05) is 0 Å². The van der Waals surface area contributed by atoms with Crippen LogP contribution in [0.25, 0.3) is 0 Å². The average Bonchev–Trinajstić information content (AvgIpc) is 2.62. The largest absolute Gasteiger partial charge is 0.378 e. The first-order valence-electron chi connectivity index (χ1n) is 5.56. The van der Waals surface area contributed by atoms with Crippen LogP contribution in [0.15, 0.2) is 12.4 Å². The minimum absolute atomic E-state index is 0.394. The summed E-state index contributed by atoms with van der Waals surface area (Å²) in [6.45, 7) is 3.93. The van der Waals surface area contributed by atoms with Crippen LogP contribution in [0.2, 0.25) is 0 Å². The Morgan fingerprint density at radius 3 is 3.20 bits per heavy atom. The molecule has 84 valence electrons. The first-order chi connectivity index (χ1) is 7.24. The summed E-state index contributed by atoms with van der Waals surface area (Å²) < 4.78 is 7.34. The monoisotopic (exact) mass is 209 g/mol. The van der Waals surface area contributed by atoms with Gasteiger partial charge in [0.25, 0.3) is 0 Å². The third-order valence-electron chi connectivity index (χ3n) is 2.84. The Kier molecular flexibility index (Phi) is 3.38. The molecule has 1 fully saturated rings. The van der Waals surface area contributed by atoms with Crippen LogP contribution in [0.5, 0.6) is 0 Å². The summed E-state index contributed by atoms with van der Waals surface area (Å²) in [7, 11) is 1.94. The number of hydrogen-bond donors (Lipinski definition) is 1. The Balaban J connectivity index is 1.77. The fourth-order valence-electron chi connectivity index (χ4n) is 2.01. The van der Waals surface area contributed by atoms with Crippen molar-refractivity contribution in [3.8, 4) is 0 Å². The van der Waals surface area contributed by atoms with Crippen molar-refractivity contribution in [3.63, 3.8) is 0 Å². The van der Waals surface area contributed by atoms with Crippen molar-refractivity contribution in [2.24, 2.45) is 7.05 Å². The summed E-state index contributed by atoms with van der Waals surface area (Å²) in [4.78, 5) is 0. The molecule has 4 heteroatoms. The fourth-order valence-corrected chi connectivity index (χ4v) is 2.01. The van der Waals surface area contributed by atoms with Gasteiger partial charge in [-0.05, 0) is 19.8 Å². The molecule has 0 radical (unpaired) electrons. The molecule has 1 aromatic heterocycles. The zero-order valence-corrected chi connectivity index (χ0v) is 9.44. The smallest absolute Gasteiger partial charge is 0.0561 e. The number of hydrogen-bond acceptors (Lipinski definition) is 3. The average molecular weight is 209 g/mol. The van der Waals surface area contributed by atoms with E-state index in [0.29, 0.717) is 12.1 Å². The molecular weight excluding hydrogens is 190 g/mol. The normalized spacial score (nSPS) is 26.8. The molecule has 1 aromatic rings. The minimum Gasteiger partial charge on any atom is -0.378 e. The quantitative estimate of drug-likeness (QED) is 0.809. The van der Waals surface area contributed by atoms with Crippen LogP contribution in [0.4, 0.5) is 0 Å². The van der Waals surface area contributed by atoms with Crippen LogP contribution < -0.4 is 5.32 Å². The summed E-state index contributed by atoms with van der Waals surface area (Å²) in [6, 6.07) is 0.592. The second kappa shape index (κ2) is 4.77. The van der Waals surface area contributed by atoms with E-state index in [2.05, 4.69) is 23.5 Å². The van der Waals surface area contributed by atoms with E-state index in [4.69, 9.17) is 4.74 Å². The third kappa shape index (κ3) is 3.04. The van der Waals surface area contributed by atoms with Crippen LogP contribution in [0, 0.1) is 0 Å². The lowest BCUT2D eigenvalue weighted by Gasteiger charge is -2.27. The van der Waals surface area contributed by atoms with E-state index in [-0.39, 0.29) is 0 Å². The molecule has 0 aliphatic carbocycles. The topological polar surface area (TPSA) is 39.1 Å². The molecule has 1 saturated heterocycles. The Labute approximate surface area is 90.6 Å². The molecular formula is C11H19N3O. The van der Waals surface area contributed by atoms with E-state index in [1.807, 2.05) is 17.9 Å². The number of nitrogens with one attached hydrogen (secondary N) is 1. The molecule has 2 unspecified atom stereocenters. The lowest BCUT2D eigenvalue weighted by Crippen LogP contribution is -2.37. The number of rotatable bonds is 3. The van der Waals surface area contributed by atoms with Gasteiger partial charge in [-0.3, -0.25) is 4.68 Å². The predicted octanol–water partition coefficient (Wildman–Crippen LogP) is 1.08. The van der Waals surface area contributed by atoms with E-state index < -0.39 is 0 Å². The Bertz CT molecular complexity index is 311. The molecule has 1 N–H and O–H groups in total. The van der Waals surface area contributed by atoms with Gasteiger partial charge in [0.15, 0.2) is 0 Å². The molecule has 0 amide bonds. The molecule has 2 atom stereocenters. The lowest BCUT2D eigenvalue weighted by molar-refractivity contribution is 0.0130. The van der Waals surface area contributed by atoms with Crippen LogP contribution in [0.1, 0.15) is 25.3 Å². The Morgan fingerprint density at radius 1 is 1.67 bits per heavy atom. The van der Waals surface area contributed by atoms with Gasteiger partial charge in [-0.15, -0.1) is 0 Å². The second-order valence-electron chi connectivity index (χ2n) is 4.31. The number of aryl methyl sites for hydroxylation is 1. The van der Waals surface area contributed by atoms with Gasteiger partial charge in [-0.2, -0.15) is 5.10 Å². The first kappa shape index (κ1) is 10.6. The molecule has 0 aromatic carbocycles. The number of nitrogens with zero attached hydrogens (tertiary/aromatic N) is 2. The maximum absolute atomic E-state index is 5.51. The fraction of sp³-hybridized carbons (Fsp3) is 0.727. The van der Waals surface area contributed by atoms with Gasteiger partial charge < -0.3 is 10.1 Å². The summed E-state index contributed by atoms with van der Waals surface area (Å²) in [5, 5.41) is 7.70. The maximum atomic E-state index is 5.51. The van der Waals surface area contributed by atoms with Gasteiger partial charge in [0.05, 0.1) is 12.3 Å². The Hall–Kier alpha value is -0.870. The van der Waals surface area contributed by atoms with Crippen molar-refractivity contribution in [2.45, 2.75) is 38.5 Å². The zero-order chi connectivity index (χ0) is 10.7. The summed E-state index contributed by atoms with van der Waals surface area (Å²) >= 11 is 0. The van der Waals surface area contributed by atoms with Gasteiger partial charge >= 0.3 is 0 Å². The summed E-state index contributed by atoms with van der Waals surface area (Å²) in [6.07, 6.45) is 6.58. The highest BCUT2D eigenvalue weighted by atomic mass is 16.5. The lowest BCUT2D eigenvalue weighted by atomic mass is 10.0. The molecule has 0 bridgehead atoms. The van der Waals surface area contributed by atoms with E-state index >= 15 is 0 Å². The molecule has 0 saturated carbocycles. The highest BCUT2D eigenvalue weighted by Gasteiger charge is 2.18. The van der Waals surface area contributed by atoms with E-state index in [1.165, 1.54) is 5.56 Å². The van der Waals surface area contributed by atoms with Gasteiger partial charge in [0, 0.05) is 38.0 Å². The van der Waals surface area contributed by atoms with Crippen molar-refractivity contribution in [1.29, 1.82) is 0 Å². The third-order valence-corrected chi connectivity index (χ3v) is 2.84. The number of ether oxygens (including phenoxy) is 1. The standard InChI is InChI=1S/C11H19N3O/c1-9-5-11(3-4-15-9)12-6-10-7-13-14(2)8-10/h7-9,11-12H,3-6H2,1-2H3. The van der Waals surface area contributed by atoms with Crippen molar-refractivity contribution >= 4 is 0 Å². The van der Waals surface area contributed by atoms with Crippen LogP contribution in [-0.2, 0) is 18.3 Å². The molecule has 0 spiro atoms. The van der Waals surface area contributed by atoms with Gasteiger partial charge in [-0.25, -0.2) is 0 Å². The van der Waals surface area contributed by atoms with Crippen LogP contribution >= 0.6 is 0 Å². The van der Waals surface area contributed by atoms with E-state index in [9.17, 15) is 0 Å². The highest BCUT2D eigenvalue weighted by Crippen LogP contribution is 2.13. The molecule has 2 heterocycles. The predicted molar refractivity (Wildman–Crippen MR) is 58.5 cm³/mol. The minimum atomic E-state index is 0.394.